The molecule has 1 aromatic heterocycles. The summed E-state index contributed by atoms with van der Waals surface area (Å²) in [6.45, 7) is 0.132. The van der Waals surface area contributed by atoms with Crippen LogP contribution < -0.4 is 10.6 Å². The van der Waals surface area contributed by atoms with E-state index < -0.39 is 0 Å². The summed E-state index contributed by atoms with van der Waals surface area (Å²) < 4.78 is 0. The Morgan fingerprint density at radius 2 is 1.79 bits per heavy atom. The van der Waals surface area contributed by atoms with E-state index in [-0.39, 0.29) is 18.9 Å². The molecule has 2 N–H and O–H groups in total. The van der Waals surface area contributed by atoms with E-state index in [1.54, 1.807) is 0 Å². The van der Waals surface area contributed by atoms with Crippen molar-refractivity contribution in [1.29, 1.82) is 10.5 Å². The first-order valence-electron chi connectivity index (χ1n) is 3.85. The number of aromatic nitrogens is 2. The van der Waals surface area contributed by atoms with E-state index >= 15 is 0 Å². The SMILES string of the molecule is N#CCN(CC#N)c1nccnc1N. The molecule has 6 heteroatoms. The topological polar surface area (TPSA) is 103 Å². The van der Waals surface area contributed by atoms with Gasteiger partial charge in [-0.3, -0.25) is 0 Å². The molecule has 0 amide bonds. The number of hydrogen-bond donors (Lipinski definition) is 1. The molecule has 0 aliphatic rings. The minimum absolute atomic E-state index is 0.0659. The fraction of sp³-hybridized carbons (Fsp3) is 0.250. The lowest BCUT2D eigenvalue weighted by atomic mass is 10.4. The van der Waals surface area contributed by atoms with Gasteiger partial charge < -0.3 is 10.6 Å². The average molecular weight is 188 g/mol. The van der Waals surface area contributed by atoms with E-state index in [1.165, 1.54) is 17.3 Å². The second kappa shape index (κ2) is 4.63. The van der Waals surface area contributed by atoms with Crippen LogP contribution in [0.25, 0.3) is 0 Å². The first kappa shape index (κ1) is 9.75. The molecule has 0 saturated carbocycles. The van der Waals surface area contributed by atoms with Crippen molar-refractivity contribution in [2.45, 2.75) is 0 Å². The lowest BCUT2D eigenvalue weighted by Gasteiger charge is -2.17. The van der Waals surface area contributed by atoms with E-state index in [4.69, 9.17) is 16.3 Å². The Balaban J connectivity index is 2.95. The Morgan fingerprint density at radius 1 is 1.21 bits per heavy atom. The average Bonchev–Trinajstić information content (AvgIpc) is 2.18. The van der Waals surface area contributed by atoms with Crippen molar-refractivity contribution >= 4 is 11.6 Å². The highest BCUT2D eigenvalue weighted by Crippen LogP contribution is 2.15. The third-order valence-electron chi connectivity index (χ3n) is 1.53. The van der Waals surface area contributed by atoms with Gasteiger partial charge in [-0.25, -0.2) is 9.97 Å². The van der Waals surface area contributed by atoms with Gasteiger partial charge in [-0.2, -0.15) is 10.5 Å². The first-order chi connectivity index (χ1) is 6.79. The Bertz CT molecular complexity index is 372. The van der Waals surface area contributed by atoms with Gasteiger partial charge in [-0.1, -0.05) is 0 Å². The van der Waals surface area contributed by atoms with Gasteiger partial charge >= 0.3 is 0 Å². The number of nitrogen functional groups attached to an aromatic ring is 1. The summed E-state index contributed by atoms with van der Waals surface area (Å²) in [5, 5.41) is 17.1. The van der Waals surface area contributed by atoms with Crippen LogP contribution in [0.15, 0.2) is 12.4 Å². The monoisotopic (exact) mass is 188 g/mol. The summed E-state index contributed by atoms with van der Waals surface area (Å²) in [6, 6.07) is 3.86. The van der Waals surface area contributed by atoms with Crippen LogP contribution in [0.1, 0.15) is 0 Å². The van der Waals surface area contributed by atoms with Crippen molar-refractivity contribution in [3.63, 3.8) is 0 Å². The Kier molecular flexibility index (Phi) is 3.22. The summed E-state index contributed by atoms with van der Waals surface area (Å²) in [4.78, 5) is 9.23. The van der Waals surface area contributed by atoms with Gasteiger partial charge in [0, 0.05) is 12.4 Å². The summed E-state index contributed by atoms with van der Waals surface area (Å²) >= 11 is 0. The highest BCUT2D eigenvalue weighted by molar-refractivity contribution is 5.58. The number of nitrogens with two attached hydrogens (primary N) is 1. The van der Waals surface area contributed by atoms with Crippen molar-refractivity contribution in [2.75, 3.05) is 23.7 Å². The van der Waals surface area contributed by atoms with Gasteiger partial charge in [0.1, 0.15) is 13.1 Å². The van der Waals surface area contributed by atoms with E-state index in [2.05, 4.69) is 9.97 Å². The zero-order valence-electron chi connectivity index (χ0n) is 7.38. The van der Waals surface area contributed by atoms with Crippen molar-refractivity contribution < 1.29 is 0 Å². The molecule has 0 bridgehead atoms. The van der Waals surface area contributed by atoms with Gasteiger partial charge in [0.25, 0.3) is 0 Å². The summed E-state index contributed by atoms with van der Waals surface area (Å²) in [5.41, 5.74) is 5.55. The number of nitrogens with zero attached hydrogens (tertiary/aromatic N) is 5. The van der Waals surface area contributed by atoms with Crippen LogP contribution >= 0.6 is 0 Å². The van der Waals surface area contributed by atoms with Gasteiger partial charge in [0.15, 0.2) is 11.6 Å². The molecule has 1 heterocycles. The summed E-state index contributed by atoms with van der Waals surface area (Å²) in [6.07, 6.45) is 2.92. The highest BCUT2D eigenvalue weighted by atomic mass is 15.2. The van der Waals surface area contributed by atoms with Crippen molar-refractivity contribution in [2.24, 2.45) is 0 Å². The second-order valence-electron chi connectivity index (χ2n) is 2.44. The van der Waals surface area contributed by atoms with Crippen LogP contribution in [0.2, 0.25) is 0 Å². The Morgan fingerprint density at radius 3 is 2.29 bits per heavy atom. The number of rotatable bonds is 3. The molecule has 0 radical (unpaired) electrons. The normalized spacial score (nSPS) is 8.71. The molecular weight excluding hydrogens is 180 g/mol. The Labute approximate surface area is 81.2 Å². The molecule has 0 fully saturated rings. The van der Waals surface area contributed by atoms with Gasteiger partial charge in [-0.05, 0) is 0 Å². The fourth-order valence-electron chi connectivity index (χ4n) is 0.961. The maximum Gasteiger partial charge on any atom is 0.173 e. The third-order valence-corrected chi connectivity index (χ3v) is 1.53. The predicted octanol–water partition coefficient (Wildman–Crippen LogP) is -0.0876. The zero-order chi connectivity index (χ0) is 10.4. The van der Waals surface area contributed by atoms with Gasteiger partial charge in [0.2, 0.25) is 0 Å². The molecule has 0 unspecified atom stereocenters. The van der Waals surface area contributed by atoms with Gasteiger partial charge in [-0.15, -0.1) is 0 Å². The van der Waals surface area contributed by atoms with Crippen LogP contribution in [0.4, 0.5) is 11.6 Å². The largest absolute Gasteiger partial charge is 0.381 e. The molecule has 1 rings (SSSR count). The molecular formula is C8H8N6. The lowest BCUT2D eigenvalue weighted by molar-refractivity contribution is 0.929. The molecule has 1 aromatic rings. The molecule has 6 nitrogen and oxygen atoms in total. The number of anilines is 2. The standard InChI is InChI=1S/C8H8N6/c9-1-5-14(6-2-10)8-7(11)12-3-4-13-8/h3-4H,5-6H2,(H2,11,12). The maximum atomic E-state index is 8.53. The first-order valence-corrected chi connectivity index (χ1v) is 3.85. The van der Waals surface area contributed by atoms with Crippen LogP contribution in [0, 0.1) is 22.7 Å². The second-order valence-corrected chi connectivity index (χ2v) is 2.44. The Hall–Kier alpha value is -2.34. The molecule has 0 saturated heterocycles. The summed E-state index contributed by atoms with van der Waals surface area (Å²) in [7, 11) is 0. The predicted molar refractivity (Wildman–Crippen MR) is 49.9 cm³/mol. The minimum Gasteiger partial charge on any atom is -0.381 e. The molecule has 0 aliphatic carbocycles. The summed E-state index contributed by atoms with van der Waals surface area (Å²) in [5.74, 6) is 0.591. The molecule has 0 atom stereocenters. The van der Waals surface area contributed by atoms with Crippen molar-refractivity contribution in [3.05, 3.63) is 12.4 Å². The van der Waals surface area contributed by atoms with Crippen molar-refractivity contribution in [1.82, 2.24) is 9.97 Å². The van der Waals surface area contributed by atoms with Crippen LogP contribution in [0.5, 0.6) is 0 Å². The van der Waals surface area contributed by atoms with Crippen LogP contribution in [-0.4, -0.2) is 23.1 Å². The van der Waals surface area contributed by atoms with E-state index in [1.807, 2.05) is 12.1 Å². The quantitative estimate of drug-likeness (QED) is 0.665. The number of nitriles is 2. The van der Waals surface area contributed by atoms with Crippen LogP contribution in [-0.2, 0) is 0 Å². The third kappa shape index (κ3) is 2.08. The van der Waals surface area contributed by atoms with E-state index in [0.717, 1.165) is 0 Å². The number of hydrogen-bond acceptors (Lipinski definition) is 6. The fourth-order valence-corrected chi connectivity index (χ4v) is 0.961. The maximum absolute atomic E-state index is 8.53. The molecule has 14 heavy (non-hydrogen) atoms. The van der Waals surface area contributed by atoms with E-state index in [9.17, 15) is 0 Å². The van der Waals surface area contributed by atoms with Crippen LogP contribution in [0.3, 0.4) is 0 Å². The lowest BCUT2D eigenvalue weighted by Crippen LogP contribution is -2.26. The van der Waals surface area contributed by atoms with Crippen molar-refractivity contribution in [3.8, 4) is 12.1 Å². The molecule has 0 spiro atoms. The van der Waals surface area contributed by atoms with Gasteiger partial charge in [0.05, 0.1) is 12.1 Å². The molecule has 70 valence electrons. The van der Waals surface area contributed by atoms with E-state index in [0.29, 0.717) is 5.82 Å². The molecule has 0 aliphatic heterocycles. The highest BCUT2D eigenvalue weighted by Gasteiger charge is 2.10. The molecule has 0 aromatic carbocycles. The minimum atomic E-state index is 0.0659. The smallest absolute Gasteiger partial charge is 0.173 e. The zero-order valence-corrected chi connectivity index (χ0v) is 7.38.